The zero-order valence-corrected chi connectivity index (χ0v) is 15.5. The number of benzene rings is 1. The average molecular weight is 380 g/mol. The topological polar surface area (TPSA) is 81.2 Å². The number of nitrogens with zero attached hydrogens (tertiary/aromatic N) is 3. The zero-order valence-electron chi connectivity index (χ0n) is 13.9. The lowest BCUT2D eigenvalue weighted by molar-refractivity contribution is 0.211. The molecule has 8 heteroatoms. The number of piperidine rings is 1. The molecule has 1 unspecified atom stereocenters. The minimum absolute atomic E-state index is 0.217. The van der Waals surface area contributed by atoms with Crippen LogP contribution in [-0.4, -0.2) is 42.8 Å². The summed E-state index contributed by atoms with van der Waals surface area (Å²) in [6.07, 6.45) is 3.76. The van der Waals surface area contributed by atoms with Crippen LogP contribution in [0.4, 0.5) is 5.95 Å². The largest absolute Gasteiger partial charge is 0.768 e. The molecule has 1 aromatic heterocycles. The molecule has 1 aromatic carbocycles. The van der Waals surface area contributed by atoms with Crippen LogP contribution in [0.15, 0.2) is 35.4 Å². The molecule has 0 radical (unpaired) electrons. The Morgan fingerprint density at radius 3 is 2.76 bits per heavy atom. The highest BCUT2D eigenvalue weighted by molar-refractivity contribution is 7.79. The molecule has 0 aliphatic carbocycles. The lowest BCUT2D eigenvalue weighted by atomic mass is 10.0. The molecule has 1 aliphatic heterocycles. The summed E-state index contributed by atoms with van der Waals surface area (Å²) >= 11 is 3.97. The van der Waals surface area contributed by atoms with E-state index in [0.29, 0.717) is 17.0 Å². The molecule has 3 rings (SSSR count). The van der Waals surface area contributed by atoms with Crippen molar-refractivity contribution in [1.82, 2.24) is 14.9 Å². The number of aryl methyl sites for hydroxylation is 1. The van der Waals surface area contributed by atoms with Gasteiger partial charge in [-0.25, -0.2) is 9.97 Å². The second-order valence-electron chi connectivity index (χ2n) is 6.20. The summed E-state index contributed by atoms with van der Waals surface area (Å²) in [7, 11) is 0. The van der Waals surface area contributed by atoms with E-state index in [0.717, 1.165) is 43.7 Å². The number of anilines is 1. The van der Waals surface area contributed by atoms with Gasteiger partial charge in [0.15, 0.2) is 0 Å². The fourth-order valence-electron chi connectivity index (χ4n) is 2.94. The van der Waals surface area contributed by atoms with Gasteiger partial charge in [-0.15, -0.1) is 0 Å². The quantitative estimate of drug-likeness (QED) is 0.804. The third-order valence-corrected chi connectivity index (χ3v) is 5.32. The van der Waals surface area contributed by atoms with Crippen molar-refractivity contribution >= 4 is 28.6 Å². The number of halogens is 1. The molecular formula is C17H20ClN4O2S-. The average Bonchev–Trinajstić information content (AvgIpc) is 2.58. The highest BCUT2D eigenvalue weighted by Gasteiger charge is 2.20. The maximum Gasteiger partial charge on any atom is 0.223 e. The van der Waals surface area contributed by atoms with Crippen LogP contribution in [-0.2, 0) is 17.6 Å². The van der Waals surface area contributed by atoms with Crippen LogP contribution in [0.1, 0.15) is 24.1 Å². The molecule has 2 aromatic rings. The fraction of sp³-hybridized carbons (Fsp3) is 0.412. The van der Waals surface area contributed by atoms with Crippen molar-refractivity contribution in [3.63, 3.8) is 0 Å². The first-order valence-corrected chi connectivity index (χ1v) is 9.63. The molecule has 0 saturated carbocycles. The molecule has 1 fully saturated rings. The van der Waals surface area contributed by atoms with E-state index >= 15 is 0 Å². The van der Waals surface area contributed by atoms with Gasteiger partial charge in [-0.1, -0.05) is 17.7 Å². The Balaban J connectivity index is 1.53. The van der Waals surface area contributed by atoms with E-state index in [1.165, 1.54) is 6.07 Å². The summed E-state index contributed by atoms with van der Waals surface area (Å²) in [6.45, 7) is 4.55. The second-order valence-corrected chi connectivity index (χ2v) is 7.55. The molecule has 1 N–H and O–H groups in total. The Morgan fingerprint density at radius 1 is 1.36 bits per heavy atom. The summed E-state index contributed by atoms with van der Waals surface area (Å²) in [5, 5.41) is 3.89. The SMILES string of the molecule is Cc1ccnc(NC2CCN(Cc3ccc(S(=O)[O-])cc3Cl)CC2)n1. The molecule has 0 bridgehead atoms. The van der Waals surface area contributed by atoms with Gasteiger partial charge in [-0.3, -0.25) is 9.11 Å². The van der Waals surface area contributed by atoms with Gasteiger partial charge in [-0.2, -0.15) is 0 Å². The highest BCUT2D eigenvalue weighted by Crippen LogP contribution is 2.23. The first-order chi connectivity index (χ1) is 12.0. The molecule has 6 nitrogen and oxygen atoms in total. The maximum absolute atomic E-state index is 11.0. The van der Waals surface area contributed by atoms with E-state index in [9.17, 15) is 8.76 Å². The van der Waals surface area contributed by atoms with Crippen LogP contribution in [0, 0.1) is 6.92 Å². The van der Waals surface area contributed by atoms with E-state index in [-0.39, 0.29) is 4.90 Å². The van der Waals surface area contributed by atoms with E-state index < -0.39 is 11.1 Å². The van der Waals surface area contributed by atoms with E-state index in [1.54, 1.807) is 18.3 Å². The maximum atomic E-state index is 11.0. The minimum atomic E-state index is -2.25. The van der Waals surface area contributed by atoms with Crippen molar-refractivity contribution in [2.75, 3.05) is 18.4 Å². The Kier molecular flexibility index (Phi) is 6.01. The molecule has 25 heavy (non-hydrogen) atoms. The normalized spacial score (nSPS) is 17.4. The van der Waals surface area contributed by atoms with Gasteiger partial charge in [0.2, 0.25) is 5.95 Å². The number of rotatable bonds is 5. The number of hydrogen-bond acceptors (Lipinski definition) is 6. The molecule has 0 spiro atoms. The predicted molar refractivity (Wildman–Crippen MR) is 97.3 cm³/mol. The fourth-order valence-corrected chi connectivity index (χ4v) is 3.64. The number of nitrogens with one attached hydrogen (secondary N) is 1. The second kappa shape index (κ2) is 8.23. The van der Waals surface area contributed by atoms with Gasteiger partial charge < -0.3 is 9.87 Å². The molecule has 0 amide bonds. The smallest absolute Gasteiger partial charge is 0.223 e. The van der Waals surface area contributed by atoms with Crippen molar-refractivity contribution in [2.45, 2.75) is 37.2 Å². The summed E-state index contributed by atoms with van der Waals surface area (Å²) in [5.74, 6) is 0.683. The van der Waals surface area contributed by atoms with Gasteiger partial charge in [0.05, 0.1) is 0 Å². The Labute approximate surface area is 154 Å². The van der Waals surface area contributed by atoms with Gasteiger partial charge in [0, 0.05) is 47.5 Å². The minimum Gasteiger partial charge on any atom is -0.768 e. The summed E-state index contributed by atoms with van der Waals surface area (Å²) < 4.78 is 22.0. The van der Waals surface area contributed by atoms with Crippen LogP contribution in [0.3, 0.4) is 0 Å². The molecule has 1 saturated heterocycles. The Morgan fingerprint density at radius 2 is 2.12 bits per heavy atom. The van der Waals surface area contributed by atoms with E-state index in [4.69, 9.17) is 11.6 Å². The molecule has 1 aliphatic rings. The highest BCUT2D eigenvalue weighted by atomic mass is 35.5. The van der Waals surface area contributed by atoms with Crippen molar-refractivity contribution in [3.8, 4) is 0 Å². The summed E-state index contributed by atoms with van der Waals surface area (Å²) in [6, 6.07) is 7.12. The van der Waals surface area contributed by atoms with Crippen molar-refractivity contribution in [3.05, 3.63) is 46.7 Å². The van der Waals surface area contributed by atoms with Gasteiger partial charge in [0.25, 0.3) is 0 Å². The van der Waals surface area contributed by atoms with Crippen LogP contribution in [0.5, 0.6) is 0 Å². The van der Waals surface area contributed by atoms with Crippen LogP contribution in [0.2, 0.25) is 5.02 Å². The van der Waals surface area contributed by atoms with E-state index in [2.05, 4.69) is 20.2 Å². The lowest BCUT2D eigenvalue weighted by Gasteiger charge is -2.32. The lowest BCUT2D eigenvalue weighted by Crippen LogP contribution is -2.39. The number of hydrogen-bond donors (Lipinski definition) is 1. The van der Waals surface area contributed by atoms with Gasteiger partial charge >= 0.3 is 0 Å². The summed E-state index contributed by atoms with van der Waals surface area (Å²) in [4.78, 5) is 11.2. The van der Waals surface area contributed by atoms with E-state index in [1.807, 2.05) is 13.0 Å². The first kappa shape index (κ1) is 18.3. The van der Waals surface area contributed by atoms with Gasteiger partial charge in [-0.05, 0) is 54.6 Å². The standard InChI is InChI=1S/C17H21ClN4O2S/c1-12-4-7-19-17(20-12)21-14-5-8-22(9-6-14)11-13-2-3-15(25(23)24)10-16(13)18/h2-4,7,10,14H,5-6,8-9,11H2,1H3,(H,23,24)(H,19,20,21)/p-1. The van der Waals surface area contributed by atoms with Crippen molar-refractivity contribution in [1.29, 1.82) is 0 Å². The van der Waals surface area contributed by atoms with Crippen LogP contribution >= 0.6 is 11.6 Å². The number of aromatic nitrogens is 2. The molecule has 1 atom stereocenters. The molecule has 134 valence electrons. The predicted octanol–water partition coefficient (Wildman–Crippen LogP) is 2.75. The molecule has 2 heterocycles. The van der Waals surface area contributed by atoms with Crippen LogP contribution in [0.25, 0.3) is 0 Å². The summed E-state index contributed by atoms with van der Waals surface area (Å²) in [5.41, 5.74) is 1.90. The van der Waals surface area contributed by atoms with Crippen molar-refractivity contribution < 1.29 is 8.76 Å². The Hall–Kier alpha value is -1.54. The third kappa shape index (κ3) is 4.98. The first-order valence-electron chi connectivity index (χ1n) is 8.17. The monoisotopic (exact) mass is 379 g/mol. The van der Waals surface area contributed by atoms with Gasteiger partial charge in [0.1, 0.15) is 0 Å². The molecular weight excluding hydrogens is 360 g/mol. The van der Waals surface area contributed by atoms with Crippen LogP contribution < -0.4 is 5.32 Å². The third-order valence-electron chi connectivity index (χ3n) is 4.33. The van der Waals surface area contributed by atoms with Crippen molar-refractivity contribution in [2.24, 2.45) is 0 Å². The Bertz CT molecular complexity index is 766. The number of likely N-dealkylation sites (tertiary alicyclic amines) is 1. The zero-order chi connectivity index (χ0) is 17.8.